The molecule has 0 fully saturated rings. The van der Waals surface area contributed by atoms with Crippen molar-refractivity contribution in [1.82, 2.24) is 4.57 Å². The van der Waals surface area contributed by atoms with Crippen molar-refractivity contribution in [2.24, 2.45) is 0 Å². The molecule has 0 amide bonds. The van der Waals surface area contributed by atoms with Crippen molar-refractivity contribution in [3.63, 3.8) is 0 Å². The van der Waals surface area contributed by atoms with E-state index in [-0.39, 0.29) is 5.41 Å². The van der Waals surface area contributed by atoms with Gasteiger partial charge in [-0.1, -0.05) is 98.8 Å². The Balaban J connectivity index is 1.23. The van der Waals surface area contributed by atoms with E-state index in [0.717, 1.165) is 11.5 Å². The van der Waals surface area contributed by atoms with Crippen molar-refractivity contribution in [2.75, 3.05) is 0 Å². The summed E-state index contributed by atoms with van der Waals surface area (Å²) in [4.78, 5) is 0. The Kier molecular flexibility index (Phi) is 5.20. The van der Waals surface area contributed by atoms with Crippen LogP contribution in [0.3, 0.4) is 0 Å². The van der Waals surface area contributed by atoms with Gasteiger partial charge in [0.1, 0.15) is 11.5 Å². The van der Waals surface area contributed by atoms with E-state index in [4.69, 9.17) is 4.74 Å². The predicted octanol–water partition coefficient (Wildman–Crippen LogP) is 10.5. The quantitative estimate of drug-likeness (QED) is 0.223. The van der Waals surface area contributed by atoms with Crippen molar-refractivity contribution >= 4 is 21.8 Å². The Labute approximate surface area is 240 Å². The first kappa shape index (κ1) is 23.8. The summed E-state index contributed by atoms with van der Waals surface area (Å²) in [6.45, 7) is 4.57. The van der Waals surface area contributed by atoms with Crippen LogP contribution in [0.15, 0.2) is 140 Å². The van der Waals surface area contributed by atoms with Crippen LogP contribution in [0.4, 0.5) is 0 Å². The standard InChI is InChI=1S/C39H29NO/c1-39(2)33-16-7-9-18-37(33)41-38-22-20-29(25-34(38)39)27-12-10-11-26(23-27)28-19-21-36-32(24-28)31-15-6-8-17-35(31)40(36)30-13-4-3-5-14-30/h3-25H,1-2H3. The van der Waals surface area contributed by atoms with Gasteiger partial charge in [0.25, 0.3) is 0 Å². The van der Waals surface area contributed by atoms with E-state index in [0.29, 0.717) is 0 Å². The number of fused-ring (bicyclic) bond motifs is 5. The molecule has 0 bridgehead atoms. The first-order valence-electron chi connectivity index (χ1n) is 14.2. The molecule has 0 saturated heterocycles. The third kappa shape index (κ3) is 3.72. The third-order valence-corrected chi connectivity index (χ3v) is 8.65. The Morgan fingerprint density at radius 3 is 1.95 bits per heavy atom. The zero-order chi connectivity index (χ0) is 27.6. The molecule has 2 nitrogen and oxygen atoms in total. The maximum atomic E-state index is 6.30. The molecule has 0 unspecified atom stereocenters. The molecular formula is C39H29NO. The molecular weight excluding hydrogens is 498 g/mol. The molecule has 196 valence electrons. The van der Waals surface area contributed by atoms with E-state index in [9.17, 15) is 0 Å². The highest BCUT2D eigenvalue weighted by molar-refractivity contribution is 6.10. The minimum atomic E-state index is -0.143. The van der Waals surface area contributed by atoms with E-state index in [1.807, 2.05) is 6.07 Å². The van der Waals surface area contributed by atoms with Crippen LogP contribution in [-0.4, -0.2) is 4.57 Å². The SMILES string of the molecule is CC1(C)c2ccccc2Oc2ccc(-c3cccc(-c4ccc5c(c4)c4ccccc4n5-c4ccccc4)c3)cc21. The Morgan fingerprint density at radius 1 is 0.463 bits per heavy atom. The molecule has 7 aromatic rings. The highest BCUT2D eigenvalue weighted by Gasteiger charge is 2.34. The van der Waals surface area contributed by atoms with Gasteiger partial charge in [0.05, 0.1) is 11.0 Å². The fourth-order valence-corrected chi connectivity index (χ4v) is 6.51. The van der Waals surface area contributed by atoms with Gasteiger partial charge in [-0.15, -0.1) is 0 Å². The van der Waals surface area contributed by atoms with Crippen LogP contribution in [0.25, 0.3) is 49.7 Å². The summed E-state index contributed by atoms with van der Waals surface area (Å²) in [5.74, 6) is 1.89. The predicted molar refractivity (Wildman–Crippen MR) is 170 cm³/mol. The molecule has 6 aromatic carbocycles. The lowest BCUT2D eigenvalue weighted by Gasteiger charge is -2.34. The Morgan fingerprint density at radius 2 is 1.10 bits per heavy atom. The van der Waals surface area contributed by atoms with Gasteiger partial charge in [-0.2, -0.15) is 0 Å². The Bertz CT molecular complexity index is 2100. The monoisotopic (exact) mass is 527 g/mol. The second-order valence-corrected chi connectivity index (χ2v) is 11.4. The lowest BCUT2D eigenvalue weighted by molar-refractivity contribution is 0.418. The van der Waals surface area contributed by atoms with Crippen LogP contribution in [-0.2, 0) is 5.41 Å². The van der Waals surface area contributed by atoms with Gasteiger partial charge in [-0.05, 0) is 76.9 Å². The van der Waals surface area contributed by atoms with E-state index in [1.54, 1.807) is 0 Å². The normalized spacial score (nSPS) is 13.5. The largest absolute Gasteiger partial charge is 0.457 e. The first-order chi connectivity index (χ1) is 20.1. The molecule has 1 aliphatic rings. The van der Waals surface area contributed by atoms with Gasteiger partial charge in [-0.3, -0.25) is 0 Å². The van der Waals surface area contributed by atoms with Gasteiger partial charge in [0.2, 0.25) is 0 Å². The van der Waals surface area contributed by atoms with Gasteiger partial charge >= 0.3 is 0 Å². The van der Waals surface area contributed by atoms with Gasteiger partial charge < -0.3 is 9.30 Å². The second kappa shape index (κ2) is 8.97. The minimum absolute atomic E-state index is 0.143. The molecule has 0 N–H and O–H groups in total. The zero-order valence-corrected chi connectivity index (χ0v) is 23.1. The van der Waals surface area contributed by atoms with E-state index < -0.39 is 0 Å². The van der Waals surface area contributed by atoms with Crippen LogP contribution < -0.4 is 4.74 Å². The molecule has 41 heavy (non-hydrogen) atoms. The van der Waals surface area contributed by atoms with Crippen LogP contribution in [0.1, 0.15) is 25.0 Å². The molecule has 0 atom stereocenters. The summed E-state index contributed by atoms with van der Waals surface area (Å²) in [6.07, 6.45) is 0. The van der Waals surface area contributed by atoms with Crippen molar-refractivity contribution in [3.8, 4) is 39.4 Å². The summed E-state index contributed by atoms with van der Waals surface area (Å²) >= 11 is 0. The number of hydrogen-bond donors (Lipinski definition) is 0. The number of aromatic nitrogens is 1. The summed E-state index contributed by atoms with van der Waals surface area (Å²) < 4.78 is 8.67. The van der Waals surface area contributed by atoms with E-state index in [1.165, 1.54) is 60.9 Å². The summed E-state index contributed by atoms with van der Waals surface area (Å²) in [6, 6.07) is 50.0. The van der Waals surface area contributed by atoms with Crippen molar-refractivity contribution < 1.29 is 4.74 Å². The molecule has 0 radical (unpaired) electrons. The lowest BCUT2D eigenvalue weighted by Crippen LogP contribution is -2.24. The summed E-state index contributed by atoms with van der Waals surface area (Å²) in [7, 11) is 0. The number of nitrogens with zero attached hydrogens (tertiary/aromatic N) is 1. The minimum Gasteiger partial charge on any atom is -0.457 e. The van der Waals surface area contributed by atoms with Crippen LogP contribution >= 0.6 is 0 Å². The number of benzene rings is 6. The molecule has 2 heterocycles. The van der Waals surface area contributed by atoms with Crippen molar-refractivity contribution in [3.05, 3.63) is 151 Å². The van der Waals surface area contributed by atoms with Gasteiger partial charge in [-0.25, -0.2) is 0 Å². The number of para-hydroxylation sites is 3. The second-order valence-electron chi connectivity index (χ2n) is 11.4. The average molecular weight is 528 g/mol. The van der Waals surface area contributed by atoms with Crippen molar-refractivity contribution in [1.29, 1.82) is 0 Å². The van der Waals surface area contributed by atoms with Crippen LogP contribution in [0.2, 0.25) is 0 Å². The zero-order valence-electron chi connectivity index (χ0n) is 23.1. The fraction of sp³-hybridized carbons (Fsp3) is 0.0769. The average Bonchev–Trinajstić information content (AvgIpc) is 3.35. The van der Waals surface area contributed by atoms with Crippen LogP contribution in [0, 0.1) is 0 Å². The molecule has 0 saturated carbocycles. The molecule has 1 aromatic heterocycles. The molecule has 2 heteroatoms. The summed E-state index contributed by atoms with van der Waals surface area (Å²) in [5.41, 5.74) is 10.7. The number of hydrogen-bond acceptors (Lipinski definition) is 1. The van der Waals surface area contributed by atoms with Crippen LogP contribution in [0.5, 0.6) is 11.5 Å². The maximum Gasteiger partial charge on any atom is 0.131 e. The fourth-order valence-electron chi connectivity index (χ4n) is 6.51. The number of rotatable bonds is 3. The smallest absolute Gasteiger partial charge is 0.131 e. The topological polar surface area (TPSA) is 14.2 Å². The van der Waals surface area contributed by atoms with E-state index >= 15 is 0 Å². The Hall–Kier alpha value is -5.08. The summed E-state index contributed by atoms with van der Waals surface area (Å²) in [5, 5.41) is 2.53. The first-order valence-corrected chi connectivity index (χ1v) is 14.2. The highest BCUT2D eigenvalue weighted by atomic mass is 16.5. The number of ether oxygens (including phenoxy) is 1. The van der Waals surface area contributed by atoms with Crippen molar-refractivity contribution in [2.45, 2.75) is 19.3 Å². The molecule has 8 rings (SSSR count). The maximum absolute atomic E-state index is 6.30. The van der Waals surface area contributed by atoms with Gasteiger partial charge in [0.15, 0.2) is 0 Å². The van der Waals surface area contributed by atoms with E-state index in [2.05, 4.69) is 152 Å². The molecule has 0 aliphatic carbocycles. The lowest BCUT2D eigenvalue weighted by atomic mass is 9.75. The molecule has 0 spiro atoms. The van der Waals surface area contributed by atoms with Gasteiger partial charge in [0, 0.05) is 33.0 Å². The highest BCUT2D eigenvalue weighted by Crippen LogP contribution is 2.48. The molecule has 1 aliphatic heterocycles. The third-order valence-electron chi connectivity index (χ3n) is 8.65.